The molecule has 2 aliphatic heterocycles. The summed E-state index contributed by atoms with van der Waals surface area (Å²) in [6.45, 7) is 20.7. The lowest BCUT2D eigenvalue weighted by Crippen LogP contribution is -2.36. The van der Waals surface area contributed by atoms with Crippen molar-refractivity contribution < 1.29 is 37.7 Å². The predicted molar refractivity (Wildman–Crippen MR) is 295 cm³/mol. The maximum absolute atomic E-state index is 12.3. The van der Waals surface area contributed by atoms with Crippen LogP contribution in [-0.2, 0) is 22.7 Å². The Kier molecular flexibility index (Phi) is 21.7. The zero-order valence-electron chi connectivity index (χ0n) is 47.1. The predicted octanol–water partition coefficient (Wildman–Crippen LogP) is 6.20. The Labute approximate surface area is 448 Å². The number of aliphatic hydroxyl groups excluding tert-OH is 1. The lowest BCUT2D eigenvalue weighted by Gasteiger charge is -2.30. The zero-order valence-corrected chi connectivity index (χ0v) is 47.9. The summed E-state index contributed by atoms with van der Waals surface area (Å²) < 4.78 is 30.7. The molecular weight excluding hydrogens is 997 g/mol. The Morgan fingerprint density at radius 2 is 1.11 bits per heavy atom. The average Bonchev–Trinajstić information content (AvgIpc) is 3.32. The SMILES string of the molecule is CN1CCC(O)CC1.CNC(=O)c1ccc(C)c(Cc2nc(OC3CCN(C)CC3)nc(N(C)CC(C)(C)C)c2[N+](=O)[O-])c1.CNC(=O)c1ccc(C)c(Cc2nc(S(C)(=O)=O)nc(N(C)CC(C)(C)C)c2[N+](=O)[O-])c1. The number of aryl methyl sites for hydroxylation is 2. The molecule has 0 bridgehead atoms. The number of sulfone groups is 1. The van der Waals surface area contributed by atoms with Crippen molar-refractivity contribution in [2.24, 2.45) is 10.8 Å². The highest BCUT2D eigenvalue weighted by Gasteiger charge is 2.33. The second-order valence-corrected chi connectivity index (χ2v) is 24.2. The summed E-state index contributed by atoms with van der Waals surface area (Å²) in [5.74, 6) is -0.338. The number of piperidine rings is 2. The monoisotopic (exact) mass is 1080 g/mol. The quantitative estimate of drug-likeness (QED) is 0.0679. The lowest BCUT2D eigenvalue weighted by molar-refractivity contribution is -0.385. The number of amides is 2. The third-order valence-electron chi connectivity index (χ3n) is 12.7. The van der Waals surface area contributed by atoms with Gasteiger partial charge in [-0.25, -0.2) is 13.4 Å². The van der Waals surface area contributed by atoms with E-state index >= 15 is 0 Å². The van der Waals surface area contributed by atoms with Gasteiger partial charge >= 0.3 is 17.4 Å². The Bertz CT molecular complexity index is 2790. The summed E-state index contributed by atoms with van der Waals surface area (Å²) in [6, 6.07) is 10.5. The Balaban J connectivity index is 0.000000287. The van der Waals surface area contributed by atoms with Gasteiger partial charge < -0.3 is 40.1 Å². The minimum Gasteiger partial charge on any atom is -0.460 e. The molecule has 0 aliphatic carbocycles. The van der Waals surface area contributed by atoms with Gasteiger partial charge in [0.05, 0.1) is 16.0 Å². The van der Waals surface area contributed by atoms with E-state index < -0.39 is 24.8 Å². The number of nitro groups is 2. The van der Waals surface area contributed by atoms with Crippen molar-refractivity contribution in [3.05, 3.63) is 101 Å². The summed E-state index contributed by atoms with van der Waals surface area (Å²) in [5.41, 5.74) is 3.40. The number of likely N-dealkylation sites (tertiary alicyclic amines) is 2. The first-order chi connectivity index (χ1) is 35.3. The van der Waals surface area contributed by atoms with Crippen LogP contribution in [-0.4, -0.2) is 165 Å². The summed E-state index contributed by atoms with van der Waals surface area (Å²) in [4.78, 5) is 72.7. The summed E-state index contributed by atoms with van der Waals surface area (Å²) in [6.07, 6.45) is 4.62. The molecule has 0 saturated carbocycles. The molecule has 2 fully saturated rings. The summed E-state index contributed by atoms with van der Waals surface area (Å²) >= 11 is 0. The molecule has 4 aromatic rings. The zero-order chi connectivity index (χ0) is 57.0. The molecule has 6 rings (SSSR count). The number of benzene rings is 2. The van der Waals surface area contributed by atoms with Gasteiger partial charge in [0.25, 0.3) is 11.8 Å². The maximum atomic E-state index is 12.3. The van der Waals surface area contributed by atoms with Crippen molar-refractivity contribution in [3.8, 4) is 6.01 Å². The molecule has 4 heterocycles. The molecule has 23 heteroatoms. The molecule has 2 amide bonds. The fraction of sp³-hybridized carbons (Fsp3) is 0.585. The third kappa shape index (κ3) is 18.4. The van der Waals surface area contributed by atoms with Crippen molar-refractivity contribution in [1.82, 2.24) is 40.4 Å². The first-order valence-electron chi connectivity index (χ1n) is 25.4. The standard InChI is InChI=1S/C26H38N6O4.C21H29N5O5S.C6H13NO/c1-17-8-9-18(24(33)27-5)14-19(17)15-21-22(32(34)35)23(31(7)16-26(2,3)4)29-25(28-21)36-20-10-12-30(6)13-11-20;1-13-8-9-14(19(27)22-5)10-15(13)11-16-17(26(28)29)18(25(6)12-21(2,3)4)24-20(23-16)32(7,30)31;1-7-4-2-6(8)3-5-7/h8-9,14,20H,10-13,15-16H2,1-7H3,(H,27,33);8-10H,11-12H2,1-7H3,(H,22,27);6,8H,2-5H2,1H3. The van der Waals surface area contributed by atoms with Gasteiger partial charge in [-0.15, -0.1) is 0 Å². The fourth-order valence-electron chi connectivity index (χ4n) is 8.78. The molecule has 0 unspecified atom stereocenters. The number of carbonyl (C=O) groups excluding carboxylic acids is 2. The smallest absolute Gasteiger partial charge is 0.333 e. The Morgan fingerprint density at radius 1 is 0.711 bits per heavy atom. The molecule has 2 aromatic heterocycles. The van der Waals surface area contributed by atoms with E-state index in [0.29, 0.717) is 29.8 Å². The number of carbonyl (C=O) groups is 2. The van der Waals surface area contributed by atoms with E-state index in [2.05, 4.69) is 75.2 Å². The number of ether oxygens (including phenoxy) is 1. The number of nitrogens with zero attached hydrogens (tertiary/aromatic N) is 10. The highest BCUT2D eigenvalue weighted by molar-refractivity contribution is 7.90. The van der Waals surface area contributed by atoms with E-state index in [0.717, 1.165) is 74.8 Å². The largest absolute Gasteiger partial charge is 0.460 e. The molecule has 3 N–H and O–H groups in total. The first-order valence-corrected chi connectivity index (χ1v) is 27.3. The molecular formula is C53H80N12O10S. The van der Waals surface area contributed by atoms with Gasteiger partial charge in [0.2, 0.25) is 26.6 Å². The second-order valence-electron chi connectivity index (χ2n) is 22.3. The van der Waals surface area contributed by atoms with Crippen LogP contribution in [0.4, 0.5) is 23.0 Å². The van der Waals surface area contributed by atoms with Crippen LogP contribution in [0.2, 0.25) is 0 Å². The van der Waals surface area contributed by atoms with Crippen LogP contribution < -0.4 is 25.2 Å². The number of rotatable bonds is 15. The van der Waals surface area contributed by atoms with Crippen LogP contribution in [0, 0.1) is 44.9 Å². The van der Waals surface area contributed by atoms with Gasteiger partial charge in [0, 0.05) is 97.7 Å². The van der Waals surface area contributed by atoms with Crippen molar-refractivity contribution in [3.63, 3.8) is 0 Å². The lowest BCUT2D eigenvalue weighted by atomic mass is 9.96. The second kappa shape index (κ2) is 26.6. The first kappa shape index (κ1) is 62.1. The van der Waals surface area contributed by atoms with Gasteiger partial charge in [-0.05, 0) is 111 Å². The number of aliphatic hydroxyl groups is 1. The number of hydrogen-bond acceptors (Lipinski definition) is 18. The molecule has 418 valence electrons. The van der Waals surface area contributed by atoms with Crippen LogP contribution >= 0.6 is 0 Å². The van der Waals surface area contributed by atoms with Crippen molar-refractivity contribution in [2.75, 3.05) is 97.6 Å². The van der Waals surface area contributed by atoms with Gasteiger partial charge in [-0.3, -0.25) is 29.8 Å². The van der Waals surface area contributed by atoms with E-state index in [1.165, 1.54) is 7.05 Å². The highest BCUT2D eigenvalue weighted by atomic mass is 32.2. The van der Waals surface area contributed by atoms with E-state index in [9.17, 15) is 38.2 Å². The maximum Gasteiger partial charge on any atom is 0.333 e. The van der Waals surface area contributed by atoms with E-state index in [4.69, 9.17) is 9.84 Å². The molecule has 2 aliphatic rings. The minimum absolute atomic E-state index is 0.0220. The van der Waals surface area contributed by atoms with Crippen molar-refractivity contribution >= 4 is 44.7 Å². The van der Waals surface area contributed by atoms with Gasteiger partial charge in [0.1, 0.15) is 17.5 Å². The highest BCUT2D eigenvalue weighted by Crippen LogP contribution is 2.36. The number of hydrogen-bond donors (Lipinski definition) is 3. The van der Waals surface area contributed by atoms with Gasteiger partial charge in [-0.2, -0.15) is 15.0 Å². The topological polar surface area (TPSA) is 273 Å². The minimum atomic E-state index is -3.83. The van der Waals surface area contributed by atoms with Crippen LogP contribution in [0.15, 0.2) is 41.6 Å². The number of anilines is 2. The van der Waals surface area contributed by atoms with Crippen molar-refractivity contribution in [1.29, 1.82) is 0 Å². The molecule has 76 heavy (non-hydrogen) atoms. The van der Waals surface area contributed by atoms with Crippen molar-refractivity contribution in [2.45, 2.75) is 111 Å². The molecule has 0 spiro atoms. The third-order valence-corrected chi connectivity index (χ3v) is 13.5. The van der Waals surface area contributed by atoms with Crippen LogP contribution in [0.1, 0.15) is 122 Å². The summed E-state index contributed by atoms with van der Waals surface area (Å²) in [5, 5.41) is 38.1. The van der Waals surface area contributed by atoms with E-state index in [1.807, 2.05) is 33.8 Å². The molecule has 0 atom stereocenters. The molecule has 2 saturated heterocycles. The van der Waals surface area contributed by atoms with E-state index in [-0.39, 0.29) is 88.1 Å². The van der Waals surface area contributed by atoms with Crippen LogP contribution in [0.3, 0.4) is 0 Å². The summed E-state index contributed by atoms with van der Waals surface area (Å²) in [7, 11) is 6.85. The average molecular weight is 1080 g/mol. The molecule has 2 aromatic carbocycles. The van der Waals surface area contributed by atoms with Gasteiger partial charge in [0.15, 0.2) is 0 Å². The normalized spacial score (nSPS) is 14.8. The van der Waals surface area contributed by atoms with Gasteiger partial charge in [-0.1, -0.05) is 53.7 Å². The Hall–Kier alpha value is -6.43. The van der Waals surface area contributed by atoms with Crippen LogP contribution in [0.5, 0.6) is 6.01 Å². The molecule has 22 nitrogen and oxygen atoms in total. The Morgan fingerprint density at radius 3 is 1.47 bits per heavy atom. The number of aromatic nitrogens is 4. The fourth-order valence-corrected chi connectivity index (χ4v) is 9.31. The number of nitrogens with one attached hydrogen (secondary N) is 2. The van der Waals surface area contributed by atoms with E-state index in [1.54, 1.807) is 68.2 Å². The molecule has 0 radical (unpaired) electrons. The van der Waals surface area contributed by atoms with Crippen LogP contribution in [0.25, 0.3) is 0 Å².